The van der Waals surface area contributed by atoms with Gasteiger partial charge in [-0.15, -0.1) is 0 Å². The largest absolute Gasteiger partial charge is 0.270 e. The third kappa shape index (κ3) is 2.41. The van der Waals surface area contributed by atoms with Crippen molar-refractivity contribution in [2.24, 2.45) is 0 Å². The Morgan fingerprint density at radius 1 is 1.38 bits per heavy atom. The molecule has 5 nitrogen and oxygen atoms in total. The van der Waals surface area contributed by atoms with Gasteiger partial charge in [-0.05, 0) is 35.8 Å². The molecule has 0 atom stereocenters. The van der Waals surface area contributed by atoms with Crippen LogP contribution < -0.4 is 0 Å². The van der Waals surface area contributed by atoms with Crippen molar-refractivity contribution in [3.05, 3.63) is 32.8 Å². The number of nitro benzene ring substituents is 1. The van der Waals surface area contributed by atoms with Crippen LogP contribution in [0, 0.1) is 10.1 Å². The summed E-state index contributed by atoms with van der Waals surface area (Å²) in [6.07, 6.45) is 0. The summed E-state index contributed by atoms with van der Waals surface area (Å²) in [6.45, 7) is 3.12. The number of hydrogen-bond donors (Lipinski definition) is 0. The second kappa shape index (κ2) is 4.50. The van der Waals surface area contributed by atoms with E-state index < -0.39 is 20.0 Å². The summed E-state index contributed by atoms with van der Waals surface area (Å²) < 4.78 is 23.9. The lowest BCUT2D eigenvalue weighted by Gasteiger charge is -2.09. The fourth-order valence-electron chi connectivity index (χ4n) is 1.09. The number of rotatable bonds is 3. The van der Waals surface area contributed by atoms with Crippen LogP contribution in [0.3, 0.4) is 0 Å². The molecule has 0 N–H and O–H groups in total. The highest BCUT2D eigenvalue weighted by atomic mass is 79.9. The van der Waals surface area contributed by atoms with E-state index in [4.69, 9.17) is 0 Å². The van der Waals surface area contributed by atoms with Crippen molar-refractivity contribution < 1.29 is 13.3 Å². The first-order valence-corrected chi connectivity index (χ1v) is 6.78. The monoisotopic (exact) mass is 307 g/mol. The molecule has 0 aromatic heterocycles. The molecule has 0 bridgehead atoms. The number of nitrogens with zero attached hydrogens (tertiary/aromatic N) is 1. The molecule has 0 aliphatic carbocycles. The van der Waals surface area contributed by atoms with Gasteiger partial charge < -0.3 is 0 Å². The van der Waals surface area contributed by atoms with E-state index in [2.05, 4.69) is 15.9 Å². The van der Waals surface area contributed by atoms with E-state index in [0.29, 0.717) is 0 Å². The Hall–Kier alpha value is -0.950. The molecule has 0 heterocycles. The molecule has 0 spiro atoms. The minimum Gasteiger partial charge on any atom is -0.258 e. The van der Waals surface area contributed by atoms with Crippen molar-refractivity contribution in [3.63, 3.8) is 0 Å². The molecule has 0 aliphatic heterocycles. The zero-order valence-corrected chi connectivity index (χ0v) is 11.1. The van der Waals surface area contributed by atoms with Gasteiger partial charge in [0, 0.05) is 16.6 Å². The van der Waals surface area contributed by atoms with Crippen LogP contribution in [0.2, 0.25) is 0 Å². The van der Waals surface area contributed by atoms with Crippen molar-refractivity contribution in [2.75, 3.05) is 0 Å². The maximum atomic E-state index is 11.8. The second-order valence-corrected chi connectivity index (χ2v) is 6.79. The molecular weight excluding hydrogens is 298 g/mol. The van der Waals surface area contributed by atoms with Crippen LogP contribution in [-0.4, -0.2) is 18.6 Å². The van der Waals surface area contributed by atoms with Crippen LogP contribution in [-0.2, 0) is 9.84 Å². The van der Waals surface area contributed by atoms with Gasteiger partial charge in [0.15, 0.2) is 9.84 Å². The average Bonchev–Trinajstić information content (AvgIpc) is 2.16. The maximum absolute atomic E-state index is 11.8. The predicted molar refractivity (Wildman–Crippen MR) is 63.1 cm³/mol. The molecular formula is C9H10BrNO4S. The van der Waals surface area contributed by atoms with Crippen LogP contribution >= 0.6 is 15.9 Å². The van der Waals surface area contributed by atoms with Crippen LogP contribution in [0.25, 0.3) is 0 Å². The predicted octanol–water partition coefficient (Wildman–Crippen LogP) is 2.54. The minimum atomic E-state index is -3.42. The summed E-state index contributed by atoms with van der Waals surface area (Å²) in [7, 11) is -3.42. The number of nitro groups is 1. The average molecular weight is 308 g/mol. The Labute approximate surface area is 102 Å². The molecule has 0 amide bonds. The Morgan fingerprint density at radius 2 is 1.94 bits per heavy atom. The van der Waals surface area contributed by atoms with Gasteiger partial charge in [-0.3, -0.25) is 10.1 Å². The molecule has 7 heteroatoms. The molecule has 0 saturated heterocycles. The minimum absolute atomic E-state index is 0.0769. The molecule has 16 heavy (non-hydrogen) atoms. The summed E-state index contributed by atoms with van der Waals surface area (Å²) in [6, 6.07) is 3.62. The Morgan fingerprint density at radius 3 is 2.31 bits per heavy atom. The zero-order valence-electron chi connectivity index (χ0n) is 8.68. The fourth-order valence-corrected chi connectivity index (χ4v) is 3.23. The van der Waals surface area contributed by atoms with Crippen molar-refractivity contribution >= 4 is 31.5 Å². The van der Waals surface area contributed by atoms with Gasteiger partial charge in [0.05, 0.1) is 15.1 Å². The van der Waals surface area contributed by atoms with Gasteiger partial charge in [-0.1, -0.05) is 0 Å². The van der Waals surface area contributed by atoms with E-state index in [1.165, 1.54) is 18.2 Å². The molecule has 0 radical (unpaired) electrons. The van der Waals surface area contributed by atoms with E-state index in [1.54, 1.807) is 13.8 Å². The zero-order chi connectivity index (χ0) is 12.5. The SMILES string of the molecule is CC(C)S(=O)(=O)c1ccc([N+](=O)[O-])cc1Br. The smallest absolute Gasteiger partial charge is 0.258 e. The molecule has 0 unspecified atom stereocenters. The number of non-ortho nitro benzene ring substituents is 1. The van der Waals surface area contributed by atoms with E-state index in [1.807, 2.05) is 0 Å². The van der Waals surface area contributed by atoms with E-state index in [-0.39, 0.29) is 15.1 Å². The van der Waals surface area contributed by atoms with Crippen molar-refractivity contribution in [2.45, 2.75) is 24.0 Å². The van der Waals surface area contributed by atoms with Gasteiger partial charge in [-0.2, -0.15) is 0 Å². The number of sulfone groups is 1. The van der Waals surface area contributed by atoms with Crippen LogP contribution in [0.15, 0.2) is 27.6 Å². The topological polar surface area (TPSA) is 77.3 Å². The quantitative estimate of drug-likeness (QED) is 0.635. The van der Waals surface area contributed by atoms with Crippen LogP contribution in [0.5, 0.6) is 0 Å². The maximum Gasteiger partial charge on any atom is 0.270 e. The summed E-state index contributed by atoms with van der Waals surface area (Å²) in [5.74, 6) is 0. The van der Waals surface area contributed by atoms with Crippen LogP contribution in [0.4, 0.5) is 5.69 Å². The first kappa shape index (κ1) is 13.1. The number of halogens is 1. The van der Waals surface area contributed by atoms with Crippen molar-refractivity contribution in [3.8, 4) is 0 Å². The third-order valence-corrected chi connectivity index (χ3v) is 5.18. The Kier molecular flexibility index (Phi) is 3.69. The Balaban J connectivity index is 3.35. The molecule has 1 aromatic rings. The highest BCUT2D eigenvalue weighted by molar-refractivity contribution is 9.10. The third-order valence-electron chi connectivity index (χ3n) is 2.05. The van der Waals surface area contributed by atoms with Gasteiger partial charge >= 0.3 is 0 Å². The highest BCUT2D eigenvalue weighted by Crippen LogP contribution is 2.28. The first-order valence-electron chi connectivity index (χ1n) is 4.44. The molecule has 0 saturated carbocycles. The Bertz CT molecular complexity index is 524. The molecule has 1 aromatic carbocycles. The van der Waals surface area contributed by atoms with Crippen molar-refractivity contribution in [1.29, 1.82) is 0 Å². The lowest BCUT2D eigenvalue weighted by atomic mass is 10.3. The second-order valence-electron chi connectivity index (χ2n) is 3.47. The number of hydrogen-bond acceptors (Lipinski definition) is 4. The fraction of sp³-hybridized carbons (Fsp3) is 0.333. The normalized spacial score (nSPS) is 11.8. The van der Waals surface area contributed by atoms with Crippen LogP contribution in [0.1, 0.15) is 13.8 Å². The standard InChI is InChI=1S/C9H10BrNO4S/c1-6(2)16(14,15)9-4-3-7(11(12)13)5-8(9)10/h3-6H,1-2H3. The first-order chi connectivity index (χ1) is 7.26. The van der Waals surface area contributed by atoms with Gasteiger partial charge in [0.1, 0.15) is 0 Å². The summed E-state index contributed by atoms with van der Waals surface area (Å²) in [5, 5.41) is 9.92. The van der Waals surface area contributed by atoms with Crippen molar-refractivity contribution in [1.82, 2.24) is 0 Å². The van der Waals surface area contributed by atoms with Gasteiger partial charge in [0.2, 0.25) is 0 Å². The number of benzene rings is 1. The van der Waals surface area contributed by atoms with E-state index >= 15 is 0 Å². The van der Waals surface area contributed by atoms with Gasteiger partial charge in [0.25, 0.3) is 5.69 Å². The summed E-state index contributed by atoms with van der Waals surface area (Å²) >= 11 is 3.04. The van der Waals surface area contributed by atoms with Gasteiger partial charge in [-0.25, -0.2) is 8.42 Å². The summed E-state index contributed by atoms with van der Waals surface area (Å²) in [4.78, 5) is 9.99. The molecule has 88 valence electrons. The highest BCUT2D eigenvalue weighted by Gasteiger charge is 2.23. The summed E-state index contributed by atoms with van der Waals surface area (Å²) in [5.41, 5.74) is -0.144. The van der Waals surface area contributed by atoms with E-state index in [9.17, 15) is 18.5 Å². The molecule has 0 fully saturated rings. The van der Waals surface area contributed by atoms with E-state index in [0.717, 1.165) is 0 Å². The molecule has 0 aliphatic rings. The lowest BCUT2D eigenvalue weighted by molar-refractivity contribution is -0.385. The lowest BCUT2D eigenvalue weighted by Crippen LogP contribution is -2.14. The molecule has 1 rings (SSSR count).